The second kappa shape index (κ2) is 24.1. The molecule has 0 aliphatic rings. The van der Waals surface area contributed by atoms with E-state index in [0.717, 1.165) is 0 Å². The molecule has 0 bridgehead atoms. The van der Waals surface area contributed by atoms with Crippen LogP contribution < -0.4 is 5.32 Å². The van der Waals surface area contributed by atoms with Gasteiger partial charge in [-0.2, -0.15) is 0 Å². The molecule has 0 fully saturated rings. The molecule has 1 N–H and O–H groups in total. The minimum Gasteiger partial charge on any atom is -0.444 e. The monoisotopic (exact) mass is 459 g/mol. The number of esters is 1. The van der Waals surface area contributed by atoms with E-state index >= 15 is 0 Å². The van der Waals surface area contributed by atoms with E-state index in [0.29, 0.717) is 11.6 Å². The van der Waals surface area contributed by atoms with Crippen molar-refractivity contribution in [2.45, 2.75) is 156 Å². The van der Waals surface area contributed by atoms with E-state index < -0.39 is 0 Å². The van der Waals surface area contributed by atoms with E-state index in [1.807, 2.05) is 6.92 Å². The summed E-state index contributed by atoms with van der Waals surface area (Å²) in [4.78, 5) is 11.8. The summed E-state index contributed by atoms with van der Waals surface area (Å²) in [5.74, 6) is -0.298. The average molecular weight is 460 g/mol. The largest absolute Gasteiger partial charge is 0.444 e. The van der Waals surface area contributed by atoms with Gasteiger partial charge in [-0.1, -0.05) is 123 Å². The highest BCUT2D eigenvalue weighted by atomic mass is 35.5. The number of unbranched alkanes of at least 4 members (excludes halogenated alkanes) is 14. The summed E-state index contributed by atoms with van der Waals surface area (Å²) < 4.78 is 5.46. The third-order valence-corrected chi connectivity index (χ3v) is 5.91. The number of hydrogen-bond donors (Lipinski definition) is 1. The Kier molecular flexibility index (Phi) is 25.4. The van der Waals surface area contributed by atoms with E-state index in [-0.39, 0.29) is 24.6 Å². The Labute approximate surface area is 201 Å². The van der Waals surface area contributed by atoms with Crippen LogP contribution in [0.2, 0.25) is 0 Å². The van der Waals surface area contributed by atoms with Gasteiger partial charge in [0.2, 0.25) is 0 Å². The molecule has 0 saturated carbocycles. The van der Waals surface area contributed by atoms with Crippen LogP contribution in [0.5, 0.6) is 0 Å². The molecule has 0 radical (unpaired) electrons. The number of carbonyl (C=O) groups excluding carboxylic acids is 1. The summed E-state index contributed by atoms with van der Waals surface area (Å²) in [6.45, 7) is 11.9. The van der Waals surface area contributed by atoms with Gasteiger partial charge in [-0.3, -0.25) is 5.32 Å². The fourth-order valence-electron chi connectivity index (χ4n) is 3.99. The first kappa shape index (κ1) is 32.6. The van der Waals surface area contributed by atoms with Gasteiger partial charge in [0.15, 0.2) is 6.23 Å². The lowest BCUT2D eigenvalue weighted by Crippen LogP contribution is -2.39. The molecule has 0 amide bonds. The molecule has 4 heteroatoms. The number of rotatable bonds is 22. The van der Waals surface area contributed by atoms with Crippen LogP contribution in [0.25, 0.3) is 0 Å². The Balaban J connectivity index is 0. The maximum atomic E-state index is 11.8. The first-order valence-electron chi connectivity index (χ1n) is 13.1. The standard InChI is InChI=1S/C27H53NO2.ClH/c1-6-8-10-12-14-16-18-20-22-26(28-25(5)30-27(29)24(3)4)23-21-19-17-15-13-11-9-7-2;/h25-26,28H,3,6-23H2,1-2,4-5H3;1H. The smallest absolute Gasteiger partial charge is 0.334 e. The van der Waals surface area contributed by atoms with E-state index in [2.05, 4.69) is 25.7 Å². The minimum absolute atomic E-state index is 0. The van der Waals surface area contributed by atoms with Crippen molar-refractivity contribution in [2.75, 3.05) is 0 Å². The van der Waals surface area contributed by atoms with Crippen molar-refractivity contribution in [3.05, 3.63) is 12.2 Å². The van der Waals surface area contributed by atoms with Crippen LogP contribution in [0.3, 0.4) is 0 Å². The third-order valence-electron chi connectivity index (χ3n) is 5.91. The summed E-state index contributed by atoms with van der Waals surface area (Å²) in [5.41, 5.74) is 0.464. The van der Waals surface area contributed by atoms with Gasteiger partial charge in [0.25, 0.3) is 0 Å². The molecule has 0 aromatic carbocycles. The lowest BCUT2D eigenvalue weighted by atomic mass is 9.99. The van der Waals surface area contributed by atoms with Gasteiger partial charge in [0.05, 0.1) is 0 Å². The van der Waals surface area contributed by atoms with Gasteiger partial charge >= 0.3 is 5.97 Å². The summed E-state index contributed by atoms with van der Waals surface area (Å²) >= 11 is 0. The van der Waals surface area contributed by atoms with Crippen molar-refractivity contribution in [2.24, 2.45) is 0 Å². The molecule has 0 aromatic rings. The molecule has 3 nitrogen and oxygen atoms in total. The quantitative estimate of drug-likeness (QED) is 0.0759. The van der Waals surface area contributed by atoms with Crippen LogP contribution in [0.15, 0.2) is 12.2 Å². The molecular formula is C27H54ClNO2. The Morgan fingerprint density at radius 1 is 0.742 bits per heavy atom. The molecule has 1 atom stereocenters. The number of hydrogen-bond acceptors (Lipinski definition) is 3. The Morgan fingerprint density at radius 3 is 1.45 bits per heavy atom. The number of carbonyl (C=O) groups is 1. The maximum absolute atomic E-state index is 11.8. The zero-order valence-electron chi connectivity index (χ0n) is 21.3. The molecule has 1 unspecified atom stereocenters. The Morgan fingerprint density at radius 2 is 1.10 bits per heavy atom. The van der Waals surface area contributed by atoms with Crippen LogP contribution in [-0.2, 0) is 9.53 Å². The predicted molar refractivity (Wildman–Crippen MR) is 139 cm³/mol. The van der Waals surface area contributed by atoms with Crippen molar-refractivity contribution in [1.82, 2.24) is 5.32 Å². The van der Waals surface area contributed by atoms with Crippen molar-refractivity contribution in [3.63, 3.8) is 0 Å². The maximum Gasteiger partial charge on any atom is 0.334 e. The van der Waals surface area contributed by atoms with Gasteiger partial charge in [0.1, 0.15) is 0 Å². The van der Waals surface area contributed by atoms with E-state index in [1.54, 1.807) is 6.92 Å². The summed E-state index contributed by atoms with van der Waals surface area (Å²) in [5, 5.41) is 3.56. The number of nitrogens with one attached hydrogen (secondary N) is 1. The summed E-state index contributed by atoms with van der Waals surface area (Å²) in [7, 11) is 0. The SMILES string of the molecule is C=C(C)C(=O)OC(C)NC(CCCCCCCCCC)CCCCCCCCCC.Cl. The summed E-state index contributed by atoms with van der Waals surface area (Å²) in [6, 6.07) is 0.443. The van der Waals surface area contributed by atoms with Crippen LogP contribution in [0.1, 0.15) is 143 Å². The van der Waals surface area contributed by atoms with Crippen LogP contribution in [0.4, 0.5) is 0 Å². The first-order valence-corrected chi connectivity index (χ1v) is 13.1. The zero-order chi connectivity index (χ0) is 22.5. The van der Waals surface area contributed by atoms with Gasteiger partial charge < -0.3 is 4.74 Å². The number of ether oxygens (including phenoxy) is 1. The van der Waals surface area contributed by atoms with Crippen LogP contribution in [-0.4, -0.2) is 18.2 Å². The minimum atomic E-state index is -0.298. The molecule has 0 aromatic heterocycles. The van der Waals surface area contributed by atoms with Gasteiger partial charge in [-0.05, 0) is 26.7 Å². The highest BCUT2D eigenvalue weighted by Crippen LogP contribution is 2.16. The average Bonchev–Trinajstić information content (AvgIpc) is 2.71. The second-order valence-corrected chi connectivity index (χ2v) is 9.22. The topological polar surface area (TPSA) is 38.3 Å². The molecule has 31 heavy (non-hydrogen) atoms. The van der Waals surface area contributed by atoms with E-state index in [9.17, 15) is 4.79 Å². The van der Waals surface area contributed by atoms with Crippen LogP contribution in [0, 0.1) is 0 Å². The van der Waals surface area contributed by atoms with E-state index in [4.69, 9.17) is 4.74 Å². The lowest BCUT2D eigenvalue weighted by Gasteiger charge is -2.24. The molecular weight excluding hydrogens is 406 g/mol. The van der Waals surface area contributed by atoms with Crippen molar-refractivity contribution < 1.29 is 9.53 Å². The fourth-order valence-corrected chi connectivity index (χ4v) is 3.99. The lowest BCUT2D eigenvalue weighted by molar-refractivity contribution is -0.145. The Bertz CT molecular complexity index is 394. The van der Waals surface area contributed by atoms with Crippen molar-refractivity contribution in [1.29, 1.82) is 0 Å². The van der Waals surface area contributed by atoms with Crippen LogP contribution >= 0.6 is 12.4 Å². The Hall–Kier alpha value is -0.540. The molecule has 0 aliphatic heterocycles. The van der Waals surface area contributed by atoms with E-state index in [1.165, 1.54) is 116 Å². The summed E-state index contributed by atoms with van der Waals surface area (Å²) in [6.07, 6.45) is 23.7. The highest BCUT2D eigenvalue weighted by molar-refractivity contribution is 5.87. The number of halogens is 1. The first-order chi connectivity index (χ1) is 14.5. The zero-order valence-corrected chi connectivity index (χ0v) is 22.1. The van der Waals surface area contributed by atoms with Crippen molar-refractivity contribution in [3.8, 4) is 0 Å². The second-order valence-electron chi connectivity index (χ2n) is 9.22. The molecule has 0 rings (SSSR count). The fraction of sp³-hybridized carbons (Fsp3) is 0.889. The molecule has 0 aliphatic carbocycles. The normalized spacial score (nSPS) is 11.9. The molecule has 0 heterocycles. The molecule has 0 saturated heterocycles. The molecule has 186 valence electrons. The van der Waals surface area contributed by atoms with Crippen molar-refractivity contribution >= 4 is 18.4 Å². The third kappa shape index (κ3) is 22.4. The molecule has 0 spiro atoms. The predicted octanol–water partition coefficient (Wildman–Crippen LogP) is 8.89. The van der Waals surface area contributed by atoms with Gasteiger partial charge in [-0.15, -0.1) is 12.4 Å². The highest BCUT2D eigenvalue weighted by Gasteiger charge is 2.15. The van der Waals surface area contributed by atoms with Gasteiger partial charge in [0, 0.05) is 11.6 Å². The van der Waals surface area contributed by atoms with Gasteiger partial charge in [-0.25, -0.2) is 4.79 Å².